The molecule has 2 aliphatic rings. The number of carbonyl (C=O) groups excluding carboxylic acids is 4. The Kier molecular flexibility index (Phi) is 5.88. The summed E-state index contributed by atoms with van der Waals surface area (Å²) in [5, 5.41) is 2.62. The van der Waals surface area contributed by atoms with Crippen LogP contribution in [0.4, 0.5) is 5.69 Å². The van der Waals surface area contributed by atoms with Crippen molar-refractivity contribution in [3.05, 3.63) is 29.8 Å². The molecule has 144 valence electrons. The van der Waals surface area contributed by atoms with Gasteiger partial charge in [0, 0.05) is 37.2 Å². The molecule has 7 heteroatoms. The zero-order valence-corrected chi connectivity index (χ0v) is 15.4. The van der Waals surface area contributed by atoms with Gasteiger partial charge in [0.15, 0.2) is 12.4 Å². The summed E-state index contributed by atoms with van der Waals surface area (Å²) in [5.74, 6) is -1.50. The number of benzene rings is 1. The van der Waals surface area contributed by atoms with Crippen LogP contribution in [0.1, 0.15) is 49.4 Å². The molecular weight excluding hydrogens is 348 g/mol. The smallest absolute Gasteiger partial charge is 0.311 e. The number of hydrogen-bond acceptors (Lipinski definition) is 5. The fourth-order valence-electron chi connectivity index (χ4n) is 3.74. The lowest BCUT2D eigenvalue weighted by Crippen LogP contribution is -2.35. The third-order valence-electron chi connectivity index (χ3n) is 5.13. The molecule has 1 aromatic rings. The fourth-order valence-corrected chi connectivity index (χ4v) is 3.74. The van der Waals surface area contributed by atoms with Crippen LogP contribution in [0.3, 0.4) is 0 Å². The molecule has 0 unspecified atom stereocenters. The topological polar surface area (TPSA) is 92.8 Å². The van der Waals surface area contributed by atoms with E-state index in [0.717, 1.165) is 25.7 Å². The van der Waals surface area contributed by atoms with Crippen LogP contribution in [0.5, 0.6) is 0 Å². The molecular formula is C20H24N2O5. The summed E-state index contributed by atoms with van der Waals surface area (Å²) in [7, 11) is 0. The first-order chi connectivity index (χ1) is 12.9. The molecule has 1 aromatic carbocycles. The van der Waals surface area contributed by atoms with Gasteiger partial charge in [-0.1, -0.05) is 12.8 Å². The summed E-state index contributed by atoms with van der Waals surface area (Å²) >= 11 is 0. The second-order valence-corrected chi connectivity index (χ2v) is 7.17. The van der Waals surface area contributed by atoms with Crippen LogP contribution in [0.25, 0.3) is 0 Å². The van der Waals surface area contributed by atoms with Gasteiger partial charge in [0.05, 0.1) is 5.92 Å². The summed E-state index contributed by atoms with van der Waals surface area (Å²) < 4.78 is 5.16. The van der Waals surface area contributed by atoms with Gasteiger partial charge in [-0.2, -0.15) is 0 Å². The van der Waals surface area contributed by atoms with Crippen LogP contribution in [0, 0.1) is 5.92 Å². The van der Waals surface area contributed by atoms with E-state index < -0.39 is 11.9 Å². The van der Waals surface area contributed by atoms with Crippen LogP contribution in [0.2, 0.25) is 0 Å². The summed E-state index contributed by atoms with van der Waals surface area (Å²) in [4.78, 5) is 49.4. The summed E-state index contributed by atoms with van der Waals surface area (Å²) in [5.41, 5.74) is 0.986. The van der Waals surface area contributed by atoms with Gasteiger partial charge in [0.2, 0.25) is 11.8 Å². The van der Waals surface area contributed by atoms with E-state index in [1.165, 1.54) is 6.92 Å². The minimum Gasteiger partial charge on any atom is -0.457 e. The first-order valence-corrected chi connectivity index (χ1v) is 9.31. The van der Waals surface area contributed by atoms with Gasteiger partial charge in [0.25, 0.3) is 0 Å². The molecule has 7 nitrogen and oxygen atoms in total. The number of likely N-dealkylation sites (tertiary alicyclic amines) is 1. The maximum absolute atomic E-state index is 12.3. The third kappa shape index (κ3) is 4.72. The van der Waals surface area contributed by atoms with Crippen molar-refractivity contribution in [2.24, 2.45) is 5.92 Å². The molecule has 2 fully saturated rings. The SMILES string of the molecule is CC(=O)Nc1ccc(C(=O)COC(=O)[C@H]2CC(=O)N(C3CCCC3)C2)cc1. The fraction of sp³-hybridized carbons (Fsp3) is 0.500. The normalized spacial score (nSPS) is 20.0. The predicted octanol–water partition coefficient (Wildman–Crippen LogP) is 2.16. The van der Waals surface area contributed by atoms with Crippen molar-refractivity contribution in [1.29, 1.82) is 0 Å². The van der Waals surface area contributed by atoms with E-state index in [9.17, 15) is 19.2 Å². The highest BCUT2D eigenvalue weighted by Crippen LogP contribution is 2.29. The first kappa shape index (κ1) is 19.1. The van der Waals surface area contributed by atoms with Crippen molar-refractivity contribution < 1.29 is 23.9 Å². The standard InChI is InChI=1S/C20H24N2O5/c1-13(23)21-16-8-6-14(7-9-16)18(24)12-27-20(26)15-10-19(25)22(11-15)17-4-2-3-5-17/h6-9,15,17H,2-5,10-12H2,1H3,(H,21,23)/t15-/m0/s1. The molecule has 0 radical (unpaired) electrons. The van der Waals surface area contributed by atoms with Crippen molar-refractivity contribution in [3.8, 4) is 0 Å². The van der Waals surface area contributed by atoms with Gasteiger partial charge in [0.1, 0.15) is 0 Å². The molecule has 1 saturated heterocycles. The molecule has 27 heavy (non-hydrogen) atoms. The van der Waals surface area contributed by atoms with Crippen molar-refractivity contribution in [3.63, 3.8) is 0 Å². The van der Waals surface area contributed by atoms with Gasteiger partial charge in [-0.15, -0.1) is 0 Å². The number of anilines is 1. The van der Waals surface area contributed by atoms with Crippen LogP contribution in [0.15, 0.2) is 24.3 Å². The highest BCUT2D eigenvalue weighted by atomic mass is 16.5. The number of hydrogen-bond donors (Lipinski definition) is 1. The van der Waals surface area contributed by atoms with Gasteiger partial charge in [-0.05, 0) is 37.1 Å². The van der Waals surface area contributed by atoms with Crippen molar-refractivity contribution >= 4 is 29.3 Å². The monoisotopic (exact) mass is 372 g/mol. The molecule has 1 aliphatic heterocycles. The second-order valence-electron chi connectivity index (χ2n) is 7.17. The molecule has 2 amide bonds. The highest BCUT2D eigenvalue weighted by Gasteiger charge is 2.39. The highest BCUT2D eigenvalue weighted by molar-refractivity contribution is 5.99. The van der Waals surface area contributed by atoms with E-state index in [1.54, 1.807) is 24.3 Å². The number of nitrogens with one attached hydrogen (secondary N) is 1. The largest absolute Gasteiger partial charge is 0.457 e. The molecule has 1 N–H and O–H groups in total. The van der Waals surface area contributed by atoms with Crippen LogP contribution in [-0.4, -0.2) is 47.7 Å². The Morgan fingerprint density at radius 3 is 2.44 bits per heavy atom. The van der Waals surface area contributed by atoms with Gasteiger partial charge in [-0.25, -0.2) is 0 Å². The number of rotatable bonds is 6. The van der Waals surface area contributed by atoms with Crippen LogP contribution >= 0.6 is 0 Å². The zero-order chi connectivity index (χ0) is 19.4. The molecule has 0 bridgehead atoms. The minimum atomic E-state index is -0.493. The number of carbonyl (C=O) groups is 4. The Balaban J connectivity index is 1.49. The molecule has 0 aromatic heterocycles. The van der Waals surface area contributed by atoms with E-state index in [4.69, 9.17) is 4.74 Å². The summed E-state index contributed by atoms with van der Waals surface area (Å²) in [6.07, 6.45) is 4.41. The average molecular weight is 372 g/mol. The Labute approximate surface area is 158 Å². The number of ketones is 1. The Morgan fingerprint density at radius 1 is 1.15 bits per heavy atom. The van der Waals surface area contributed by atoms with E-state index >= 15 is 0 Å². The van der Waals surface area contributed by atoms with Crippen LogP contribution in [-0.2, 0) is 19.1 Å². The zero-order valence-electron chi connectivity index (χ0n) is 15.4. The molecule has 0 spiro atoms. The van der Waals surface area contributed by atoms with E-state index in [-0.39, 0.29) is 36.7 Å². The van der Waals surface area contributed by atoms with E-state index in [1.807, 2.05) is 4.90 Å². The number of ether oxygens (including phenoxy) is 1. The lowest BCUT2D eigenvalue weighted by Gasteiger charge is -2.23. The van der Waals surface area contributed by atoms with E-state index in [2.05, 4.69) is 5.32 Å². The Bertz CT molecular complexity index is 737. The number of amides is 2. The number of esters is 1. The molecule has 1 aliphatic carbocycles. The third-order valence-corrected chi connectivity index (χ3v) is 5.13. The van der Waals surface area contributed by atoms with Gasteiger partial charge < -0.3 is 15.0 Å². The van der Waals surface area contributed by atoms with Crippen LogP contribution < -0.4 is 5.32 Å². The predicted molar refractivity (Wildman–Crippen MR) is 98.1 cm³/mol. The number of Topliss-reactive ketones (excluding diaryl/α,β-unsaturated/α-hetero) is 1. The summed E-state index contributed by atoms with van der Waals surface area (Å²) in [6.45, 7) is 1.44. The maximum atomic E-state index is 12.3. The lowest BCUT2D eigenvalue weighted by atomic mass is 10.1. The Hall–Kier alpha value is -2.70. The first-order valence-electron chi connectivity index (χ1n) is 9.31. The van der Waals surface area contributed by atoms with Crippen molar-refractivity contribution in [2.45, 2.75) is 45.1 Å². The quantitative estimate of drug-likeness (QED) is 0.610. The minimum absolute atomic E-state index is 0.00346. The number of nitrogens with zero attached hydrogens (tertiary/aromatic N) is 1. The summed E-state index contributed by atoms with van der Waals surface area (Å²) in [6, 6.07) is 6.63. The maximum Gasteiger partial charge on any atom is 0.311 e. The van der Waals surface area contributed by atoms with Gasteiger partial charge >= 0.3 is 5.97 Å². The molecule has 1 saturated carbocycles. The Morgan fingerprint density at radius 2 is 1.81 bits per heavy atom. The molecule has 1 atom stereocenters. The molecule has 3 rings (SSSR count). The van der Waals surface area contributed by atoms with Gasteiger partial charge in [-0.3, -0.25) is 19.2 Å². The average Bonchev–Trinajstić information content (AvgIpc) is 3.29. The van der Waals surface area contributed by atoms with E-state index in [0.29, 0.717) is 17.8 Å². The second kappa shape index (κ2) is 8.33. The lowest BCUT2D eigenvalue weighted by molar-refractivity contribution is -0.147. The molecule has 1 heterocycles. The van der Waals surface area contributed by atoms with Crippen molar-refractivity contribution in [1.82, 2.24) is 4.90 Å². The van der Waals surface area contributed by atoms with Crippen molar-refractivity contribution in [2.75, 3.05) is 18.5 Å².